The fraction of sp³-hybridized carbons (Fsp3) is 0.583. The maximum Gasteiger partial charge on any atom is 0.287 e. The van der Waals surface area contributed by atoms with Crippen LogP contribution in [-0.4, -0.2) is 29.7 Å². The highest BCUT2D eigenvalue weighted by Crippen LogP contribution is 2.11. The lowest BCUT2D eigenvalue weighted by Crippen LogP contribution is -2.09. The second-order valence-corrected chi connectivity index (χ2v) is 4.41. The summed E-state index contributed by atoms with van der Waals surface area (Å²) in [7, 11) is 0. The highest BCUT2D eigenvalue weighted by Gasteiger charge is 2.04. The lowest BCUT2D eigenvalue weighted by Gasteiger charge is -2.07. The van der Waals surface area contributed by atoms with Gasteiger partial charge >= 0.3 is 0 Å². The van der Waals surface area contributed by atoms with E-state index in [1.165, 1.54) is 12.3 Å². The monoisotopic (exact) mass is 253 g/mol. The number of anilines is 1. The third-order valence-electron chi connectivity index (χ3n) is 2.18. The minimum atomic E-state index is -0.462. The number of hydrogen-bond donors (Lipinski definition) is 1. The molecule has 0 aliphatic heterocycles. The van der Waals surface area contributed by atoms with Gasteiger partial charge in [0.1, 0.15) is 12.0 Å². The van der Waals surface area contributed by atoms with Crippen molar-refractivity contribution in [2.24, 2.45) is 5.92 Å². The Hall–Kier alpha value is -1.69. The third-order valence-corrected chi connectivity index (χ3v) is 2.18. The van der Waals surface area contributed by atoms with E-state index < -0.39 is 4.92 Å². The van der Waals surface area contributed by atoms with Crippen molar-refractivity contribution >= 4 is 11.5 Å². The maximum absolute atomic E-state index is 10.4. The molecule has 1 aromatic rings. The van der Waals surface area contributed by atoms with Crippen LogP contribution in [0.25, 0.3) is 0 Å². The first-order valence-electron chi connectivity index (χ1n) is 6.01. The summed E-state index contributed by atoms with van der Waals surface area (Å²) < 4.78 is 5.43. The molecule has 6 nitrogen and oxygen atoms in total. The molecular formula is C12H19N3O3. The molecule has 0 aliphatic carbocycles. The Labute approximate surface area is 107 Å². The number of hydrogen-bond acceptors (Lipinski definition) is 5. The fourth-order valence-electron chi connectivity index (χ4n) is 1.31. The van der Waals surface area contributed by atoms with E-state index in [4.69, 9.17) is 4.74 Å². The van der Waals surface area contributed by atoms with Crippen molar-refractivity contribution in [3.05, 3.63) is 28.4 Å². The zero-order chi connectivity index (χ0) is 13.4. The molecule has 1 aromatic heterocycles. The Morgan fingerprint density at radius 3 is 2.83 bits per heavy atom. The minimum absolute atomic E-state index is 0.000756. The van der Waals surface area contributed by atoms with Gasteiger partial charge in [0, 0.05) is 25.8 Å². The van der Waals surface area contributed by atoms with Crippen LogP contribution < -0.4 is 5.32 Å². The summed E-state index contributed by atoms with van der Waals surface area (Å²) in [6.45, 7) is 6.44. The van der Waals surface area contributed by atoms with Gasteiger partial charge in [0.25, 0.3) is 5.69 Å². The Morgan fingerprint density at radius 2 is 2.28 bits per heavy atom. The highest BCUT2D eigenvalue weighted by molar-refractivity contribution is 5.39. The van der Waals surface area contributed by atoms with E-state index >= 15 is 0 Å². The van der Waals surface area contributed by atoms with Crippen LogP contribution >= 0.6 is 0 Å². The van der Waals surface area contributed by atoms with E-state index in [0.29, 0.717) is 18.3 Å². The molecule has 6 heteroatoms. The second kappa shape index (κ2) is 7.60. The van der Waals surface area contributed by atoms with E-state index in [1.54, 1.807) is 6.07 Å². The number of rotatable bonds is 8. The molecule has 18 heavy (non-hydrogen) atoms. The van der Waals surface area contributed by atoms with Gasteiger partial charge in [0.05, 0.1) is 4.92 Å². The third kappa shape index (κ3) is 5.58. The van der Waals surface area contributed by atoms with E-state index in [0.717, 1.165) is 19.6 Å². The van der Waals surface area contributed by atoms with Crippen LogP contribution in [0.2, 0.25) is 0 Å². The molecule has 0 radical (unpaired) electrons. The summed E-state index contributed by atoms with van der Waals surface area (Å²) in [5.41, 5.74) is 0.000756. The van der Waals surface area contributed by atoms with Crippen molar-refractivity contribution in [3.8, 4) is 0 Å². The van der Waals surface area contributed by atoms with Crippen LogP contribution in [0.5, 0.6) is 0 Å². The molecule has 0 fully saturated rings. The highest BCUT2D eigenvalue weighted by atomic mass is 16.6. The van der Waals surface area contributed by atoms with Gasteiger partial charge in [-0.1, -0.05) is 13.8 Å². The van der Waals surface area contributed by atoms with Crippen molar-refractivity contribution in [3.63, 3.8) is 0 Å². The van der Waals surface area contributed by atoms with E-state index in [9.17, 15) is 10.1 Å². The first kappa shape index (κ1) is 14.4. The molecular weight excluding hydrogens is 234 g/mol. The van der Waals surface area contributed by atoms with Gasteiger partial charge in [-0.25, -0.2) is 4.98 Å². The number of ether oxygens (including phenoxy) is 1. The minimum Gasteiger partial charge on any atom is -0.381 e. The topological polar surface area (TPSA) is 77.3 Å². The summed E-state index contributed by atoms with van der Waals surface area (Å²) in [5, 5.41) is 13.5. The van der Waals surface area contributed by atoms with Gasteiger partial charge in [-0.3, -0.25) is 10.1 Å². The summed E-state index contributed by atoms with van der Waals surface area (Å²) in [6, 6.07) is 3.04. The van der Waals surface area contributed by atoms with Crippen LogP contribution in [0.1, 0.15) is 20.3 Å². The van der Waals surface area contributed by atoms with Crippen LogP contribution in [-0.2, 0) is 4.74 Å². The average molecular weight is 253 g/mol. The zero-order valence-electron chi connectivity index (χ0n) is 10.8. The summed E-state index contributed by atoms with van der Waals surface area (Å²) >= 11 is 0. The van der Waals surface area contributed by atoms with Crippen LogP contribution in [0.15, 0.2) is 18.3 Å². The van der Waals surface area contributed by atoms with E-state index in [2.05, 4.69) is 24.1 Å². The van der Waals surface area contributed by atoms with Crippen LogP contribution in [0.4, 0.5) is 11.5 Å². The average Bonchev–Trinajstić information content (AvgIpc) is 2.34. The molecule has 1 heterocycles. The standard InChI is InChI=1S/C12H19N3O3/c1-10(2)9-18-7-3-6-13-12-5-4-11(8-14-12)15(16)17/h4-5,8,10H,3,6-7,9H2,1-2H3,(H,13,14). The van der Waals surface area contributed by atoms with Crippen molar-refractivity contribution in [2.45, 2.75) is 20.3 Å². The fourth-order valence-corrected chi connectivity index (χ4v) is 1.31. The second-order valence-electron chi connectivity index (χ2n) is 4.41. The lowest BCUT2D eigenvalue weighted by molar-refractivity contribution is -0.385. The zero-order valence-corrected chi connectivity index (χ0v) is 10.8. The summed E-state index contributed by atoms with van der Waals surface area (Å²) in [5.74, 6) is 1.19. The van der Waals surface area contributed by atoms with Gasteiger partial charge in [-0.15, -0.1) is 0 Å². The summed E-state index contributed by atoms with van der Waals surface area (Å²) in [4.78, 5) is 13.9. The molecule has 1 N–H and O–H groups in total. The van der Waals surface area contributed by atoms with Crippen molar-refractivity contribution in [1.29, 1.82) is 0 Å². The molecule has 1 rings (SSSR count). The van der Waals surface area contributed by atoms with Crippen molar-refractivity contribution in [2.75, 3.05) is 25.1 Å². The number of nitro groups is 1. The Morgan fingerprint density at radius 1 is 1.50 bits per heavy atom. The van der Waals surface area contributed by atoms with Gasteiger partial charge in [0.2, 0.25) is 0 Å². The lowest BCUT2D eigenvalue weighted by atomic mass is 10.2. The molecule has 0 amide bonds. The molecule has 0 bridgehead atoms. The molecule has 0 saturated carbocycles. The normalized spacial score (nSPS) is 10.6. The predicted molar refractivity (Wildman–Crippen MR) is 69.7 cm³/mol. The predicted octanol–water partition coefficient (Wildman–Crippen LogP) is 2.46. The molecule has 0 saturated heterocycles. The van der Waals surface area contributed by atoms with Gasteiger partial charge in [-0.05, 0) is 18.4 Å². The van der Waals surface area contributed by atoms with Crippen molar-refractivity contribution in [1.82, 2.24) is 4.98 Å². The molecule has 0 spiro atoms. The molecule has 100 valence electrons. The molecule has 0 aromatic carbocycles. The smallest absolute Gasteiger partial charge is 0.287 e. The van der Waals surface area contributed by atoms with E-state index in [-0.39, 0.29) is 5.69 Å². The number of aromatic nitrogens is 1. The largest absolute Gasteiger partial charge is 0.381 e. The first-order valence-corrected chi connectivity index (χ1v) is 6.01. The number of nitrogens with zero attached hydrogens (tertiary/aromatic N) is 2. The SMILES string of the molecule is CC(C)COCCCNc1ccc([N+](=O)[O-])cn1. The molecule has 0 aliphatic rings. The maximum atomic E-state index is 10.4. The van der Waals surface area contributed by atoms with Crippen molar-refractivity contribution < 1.29 is 9.66 Å². The van der Waals surface area contributed by atoms with Gasteiger partial charge in [-0.2, -0.15) is 0 Å². The number of pyridine rings is 1. The Balaban J connectivity index is 2.17. The number of nitrogens with one attached hydrogen (secondary N) is 1. The molecule has 0 atom stereocenters. The van der Waals surface area contributed by atoms with Crippen LogP contribution in [0.3, 0.4) is 0 Å². The Kier molecular flexibility index (Phi) is 6.07. The Bertz CT molecular complexity index is 365. The van der Waals surface area contributed by atoms with Gasteiger partial charge < -0.3 is 10.1 Å². The summed E-state index contributed by atoms with van der Waals surface area (Å²) in [6.07, 6.45) is 2.13. The quantitative estimate of drug-likeness (QED) is 0.437. The van der Waals surface area contributed by atoms with Crippen LogP contribution in [0, 0.1) is 16.0 Å². The first-order chi connectivity index (χ1) is 8.59. The van der Waals surface area contributed by atoms with E-state index in [1.807, 2.05) is 0 Å². The molecule has 0 unspecified atom stereocenters. The van der Waals surface area contributed by atoms with Gasteiger partial charge in [0.15, 0.2) is 0 Å².